The molecule has 2 aliphatic heterocycles. The predicted molar refractivity (Wildman–Crippen MR) is 49.3 cm³/mol. The summed E-state index contributed by atoms with van der Waals surface area (Å²) >= 11 is 0. The number of carbonyl (C=O) groups excluding carboxylic acids is 1. The summed E-state index contributed by atoms with van der Waals surface area (Å²) in [5.74, 6) is 1.17. The van der Waals surface area contributed by atoms with Crippen molar-refractivity contribution in [2.24, 2.45) is 11.8 Å². The van der Waals surface area contributed by atoms with Crippen molar-refractivity contribution in [1.82, 2.24) is 4.90 Å². The van der Waals surface area contributed by atoms with Crippen LogP contribution in [0.1, 0.15) is 19.8 Å². The van der Waals surface area contributed by atoms with Crippen LogP contribution in [0.25, 0.3) is 0 Å². The van der Waals surface area contributed by atoms with Crippen LogP contribution in [-0.4, -0.2) is 37.1 Å². The smallest absolute Gasteiger partial charge is 0.228 e. The SMILES string of the molecule is C[C@H]1CCN(C(=O)C2CCOC2)C1. The molecule has 0 aromatic heterocycles. The number of amides is 1. The van der Waals surface area contributed by atoms with Gasteiger partial charge in [-0.15, -0.1) is 0 Å². The lowest BCUT2D eigenvalue weighted by Crippen LogP contribution is -2.34. The highest BCUT2D eigenvalue weighted by Gasteiger charge is 2.31. The zero-order chi connectivity index (χ0) is 9.26. The molecular weight excluding hydrogens is 166 g/mol. The van der Waals surface area contributed by atoms with Crippen LogP contribution in [0.15, 0.2) is 0 Å². The number of hydrogen-bond acceptors (Lipinski definition) is 2. The van der Waals surface area contributed by atoms with Crippen molar-refractivity contribution < 1.29 is 9.53 Å². The first-order valence-corrected chi connectivity index (χ1v) is 5.14. The van der Waals surface area contributed by atoms with Crippen LogP contribution in [0, 0.1) is 11.8 Å². The summed E-state index contributed by atoms with van der Waals surface area (Å²) in [5.41, 5.74) is 0. The first-order valence-electron chi connectivity index (χ1n) is 5.14. The topological polar surface area (TPSA) is 29.5 Å². The third-order valence-electron chi connectivity index (χ3n) is 3.01. The van der Waals surface area contributed by atoms with Gasteiger partial charge in [-0.1, -0.05) is 6.92 Å². The maximum Gasteiger partial charge on any atom is 0.228 e. The molecule has 1 unspecified atom stereocenters. The van der Waals surface area contributed by atoms with Crippen LogP contribution in [0.2, 0.25) is 0 Å². The molecule has 0 bridgehead atoms. The summed E-state index contributed by atoms with van der Waals surface area (Å²) < 4.78 is 5.22. The lowest BCUT2D eigenvalue weighted by atomic mass is 10.1. The maximum atomic E-state index is 11.8. The molecular formula is C10H17NO2. The van der Waals surface area contributed by atoms with Gasteiger partial charge < -0.3 is 9.64 Å². The Hall–Kier alpha value is -0.570. The zero-order valence-electron chi connectivity index (χ0n) is 8.16. The van der Waals surface area contributed by atoms with Gasteiger partial charge in [-0.05, 0) is 18.8 Å². The summed E-state index contributed by atoms with van der Waals surface area (Å²) in [6, 6.07) is 0. The van der Waals surface area contributed by atoms with E-state index in [1.165, 1.54) is 6.42 Å². The average molecular weight is 183 g/mol. The number of likely N-dealkylation sites (tertiary alicyclic amines) is 1. The van der Waals surface area contributed by atoms with E-state index in [0.717, 1.165) is 26.1 Å². The van der Waals surface area contributed by atoms with Gasteiger partial charge in [-0.3, -0.25) is 4.79 Å². The molecule has 0 saturated carbocycles. The summed E-state index contributed by atoms with van der Waals surface area (Å²) in [4.78, 5) is 13.8. The molecule has 2 fully saturated rings. The molecule has 13 heavy (non-hydrogen) atoms. The van der Waals surface area contributed by atoms with Crippen molar-refractivity contribution >= 4 is 5.91 Å². The molecule has 1 amide bonds. The Morgan fingerprint density at radius 3 is 2.85 bits per heavy atom. The van der Waals surface area contributed by atoms with Crippen LogP contribution in [-0.2, 0) is 9.53 Å². The molecule has 0 aromatic carbocycles. The minimum Gasteiger partial charge on any atom is -0.381 e. The van der Waals surface area contributed by atoms with Gasteiger partial charge in [0.2, 0.25) is 5.91 Å². The molecule has 0 N–H and O–H groups in total. The molecule has 0 aliphatic carbocycles. The summed E-state index contributed by atoms with van der Waals surface area (Å²) in [5, 5.41) is 0. The van der Waals surface area contributed by atoms with Crippen LogP contribution in [0.5, 0.6) is 0 Å². The van der Waals surface area contributed by atoms with Crippen molar-refractivity contribution in [3.8, 4) is 0 Å². The van der Waals surface area contributed by atoms with Gasteiger partial charge in [0.05, 0.1) is 12.5 Å². The second-order valence-corrected chi connectivity index (χ2v) is 4.24. The number of rotatable bonds is 1. The van der Waals surface area contributed by atoms with Gasteiger partial charge in [-0.2, -0.15) is 0 Å². The number of carbonyl (C=O) groups is 1. The van der Waals surface area contributed by atoms with E-state index < -0.39 is 0 Å². The monoisotopic (exact) mass is 183 g/mol. The average Bonchev–Trinajstić information content (AvgIpc) is 2.72. The summed E-state index contributed by atoms with van der Waals surface area (Å²) in [6.45, 7) is 5.52. The van der Waals surface area contributed by atoms with Crippen LogP contribution < -0.4 is 0 Å². The fourth-order valence-electron chi connectivity index (χ4n) is 2.12. The fourth-order valence-corrected chi connectivity index (χ4v) is 2.12. The van der Waals surface area contributed by atoms with Gasteiger partial charge >= 0.3 is 0 Å². The lowest BCUT2D eigenvalue weighted by Gasteiger charge is -2.19. The van der Waals surface area contributed by atoms with Crippen LogP contribution >= 0.6 is 0 Å². The maximum absolute atomic E-state index is 11.8. The minimum atomic E-state index is 0.158. The van der Waals surface area contributed by atoms with Crippen molar-refractivity contribution in [3.63, 3.8) is 0 Å². The van der Waals surface area contributed by atoms with Crippen LogP contribution in [0.4, 0.5) is 0 Å². The molecule has 3 nitrogen and oxygen atoms in total. The highest BCUT2D eigenvalue weighted by Crippen LogP contribution is 2.21. The zero-order valence-corrected chi connectivity index (χ0v) is 8.16. The number of nitrogens with zero attached hydrogens (tertiary/aromatic N) is 1. The molecule has 2 atom stereocenters. The Balaban J connectivity index is 1.89. The Morgan fingerprint density at radius 2 is 2.31 bits per heavy atom. The Bertz CT molecular complexity index is 199. The molecule has 2 saturated heterocycles. The first kappa shape index (κ1) is 9.00. The van der Waals surface area contributed by atoms with E-state index in [-0.39, 0.29) is 5.92 Å². The van der Waals surface area contributed by atoms with E-state index >= 15 is 0 Å². The molecule has 0 radical (unpaired) electrons. The fraction of sp³-hybridized carbons (Fsp3) is 0.900. The number of hydrogen-bond donors (Lipinski definition) is 0. The summed E-state index contributed by atoms with van der Waals surface area (Å²) in [6.07, 6.45) is 2.09. The second-order valence-electron chi connectivity index (χ2n) is 4.24. The minimum absolute atomic E-state index is 0.158. The van der Waals surface area contributed by atoms with E-state index in [9.17, 15) is 4.79 Å². The van der Waals surface area contributed by atoms with Gasteiger partial charge in [-0.25, -0.2) is 0 Å². The van der Waals surface area contributed by atoms with Gasteiger partial charge in [0, 0.05) is 19.7 Å². The predicted octanol–water partition coefficient (Wildman–Crippen LogP) is 0.891. The van der Waals surface area contributed by atoms with Crippen LogP contribution in [0.3, 0.4) is 0 Å². The molecule has 0 spiro atoms. The van der Waals surface area contributed by atoms with E-state index in [2.05, 4.69) is 6.92 Å². The quantitative estimate of drug-likeness (QED) is 0.604. The Morgan fingerprint density at radius 1 is 1.46 bits per heavy atom. The Labute approximate surface area is 79.0 Å². The normalized spacial score (nSPS) is 34.1. The summed E-state index contributed by atoms with van der Waals surface area (Å²) in [7, 11) is 0. The second kappa shape index (κ2) is 3.66. The van der Waals surface area contributed by atoms with Crippen molar-refractivity contribution in [2.75, 3.05) is 26.3 Å². The van der Waals surface area contributed by atoms with Crippen molar-refractivity contribution in [2.45, 2.75) is 19.8 Å². The standard InChI is InChI=1S/C10H17NO2/c1-8-2-4-11(6-8)10(12)9-3-5-13-7-9/h8-9H,2-7H2,1H3/t8-,9?/m0/s1. The molecule has 2 heterocycles. The van der Waals surface area contributed by atoms with Crippen molar-refractivity contribution in [1.29, 1.82) is 0 Å². The highest BCUT2D eigenvalue weighted by molar-refractivity contribution is 5.79. The Kier molecular flexibility index (Phi) is 2.54. The van der Waals surface area contributed by atoms with Gasteiger partial charge in [0.25, 0.3) is 0 Å². The van der Waals surface area contributed by atoms with E-state index in [0.29, 0.717) is 18.4 Å². The van der Waals surface area contributed by atoms with E-state index in [1.807, 2.05) is 4.90 Å². The molecule has 3 heteroatoms. The van der Waals surface area contributed by atoms with E-state index in [4.69, 9.17) is 4.74 Å². The third-order valence-corrected chi connectivity index (χ3v) is 3.01. The van der Waals surface area contributed by atoms with Gasteiger partial charge in [0.1, 0.15) is 0 Å². The largest absolute Gasteiger partial charge is 0.381 e. The molecule has 2 aliphatic rings. The van der Waals surface area contributed by atoms with Gasteiger partial charge in [0.15, 0.2) is 0 Å². The molecule has 74 valence electrons. The molecule has 0 aromatic rings. The number of ether oxygens (including phenoxy) is 1. The van der Waals surface area contributed by atoms with Crippen molar-refractivity contribution in [3.05, 3.63) is 0 Å². The third kappa shape index (κ3) is 1.85. The molecule has 2 rings (SSSR count). The van der Waals surface area contributed by atoms with E-state index in [1.54, 1.807) is 0 Å². The lowest BCUT2D eigenvalue weighted by molar-refractivity contribution is -0.134. The first-order chi connectivity index (χ1) is 6.27. The highest BCUT2D eigenvalue weighted by atomic mass is 16.5.